The van der Waals surface area contributed by atoms with Gasteiger partial charge < -0.3 is 19.7 Å². The number of carbonyl (C=O) groups excluding carboxylic acids is 1. The summed E-state index contributed by atoms with van der Waals surface area (Å²) in [6.07, 6.45) is 3.70. The van der Waals surface area contributed by atoms with Crippen LogP contribution in [0.4, 0.5) is 27.7 Å². The predicted molar refractivity (Wildman–Crippen MR) is 124 cm³/mol. The topological polar surface area (TPSA) is 75.7 Å². The van der Waals surface area contributed by atoms with Crippen molar-refractivity contribution in [2.75, 3.05) is 31.0 Å². The molecule has 0 unspecified atom stereocenters. The first-order chi connectivity index (χ1) is 15.1. The minimum Gasteiger partial charge on any atom is -0.497 e. The number of methoxy groups -OCH3 is 2. The lowest BCUT2D eigenvalue weighted by Gasteiger charge is -2.25. The first-order valence-electron chi connectivity index (χ1n) is 10.2. The van der Waals surface area contributed by atoms with Crippen LogP contribution in [-0.4, -0.2) is 31.8 Å². The number of pyridine rings is 1. The highest BCUT2D eigenvalue weighted by atomic mass is 16.5. The number of rotatable bonds is 9. The molecule has 7 heteroatoms. The van der Waals surface area contributed by atoms with E-state index in [0.717, 1.165) is 41.4 Å². The van der Waals surface area contributed by atoms with Crippen LogP contribution in [0, 0.1) is 0 Å². The maximum atomic E-state index is 12.0. The molecule has 1 aromatic heterocycles. The molecule has 0 spiro atoms. The Balaban J connectivity index is 1.85. The van der Waals surface area contributed by atoms with Crippen LogP contribution in [0.5, 0.6) is 11.5 Å². The van der Waals surface area contributed by atoms with Crippen LogP contribution in [0.3, 0.4) is 0 Å². The molecule has 0 saturated heterocycles. The molecule has 7 nitrogen and oxygen atoms in total. The highest BCUT2D eigenvalue weighted by Gasteiger charge is 2.14. The van der Waals surface area contributed by atoms with E-state index < -0.39 is 0 Å². The SMILES string of the molecule is CCCCNC(=O)Nc1ccc(N(c2ccc(OC)cc2)c2ccc(OC)cc2)cn1. The molecule has 31 heavy (non-hydrogen) atoms. The third kappa shape index (κ3) is 5.88. The van der Waals surface area contributed by atoms with Crippen LogP contribution in [0.1, 0.15) is 19.8 Å². The van der Waals surface area contributed by atoms with Crippen LogP contribution in [0.2, 0.25) is 0 Å². The molecule has 162 valence electrons. The van der Waals surface area contributed by atoms with Gasteiger partial charge in [-0.25, -0.2) is 9.78 Å². The Morgan fingerprint density at radius 2 is 1.42 bits per heavy atom. The summed E-state index contributed by atoms with van der Waals surface area (Å²) in [5.41, 5.74) is 2.75. The van der Waals surface area contributed by atoms with Crippen molar-refractivity contribution in [2.45, 2.75) is 19.8 Å². The van der Waals surface area contributed by atoms with Gasteiger partial charge in [-0.05, 0) is 67.1 Å². The van der Waals surface area contributed by atoms with Gasteiger partial charge in [-0.15, -0.1) is 0 Å². The molecule has 3 aromatic rings. The number of anilines is 4. The van der Waals surface area contributed by atoms with Crippen molar-refractivity contribution < 1.29 is 14.3 Å². The molecule has 0 fully saturated rings. The van der Waals surface area contributed by atoms with E-state index >= 15 is 0 Å². The molecule has 0 aliphatic heterocycles. The van der Waals surface area contributed by atoms with Crippen molar-refractivity contribution in [3.05, 3.63) is 66.9 Å². The lowest BCUT2D eigenvalue weighted by molar-refractivity contribution is 0.252. The highest BCUT2D eigenvalue weighted by Crippen LogP contribution is 2.35. The van der Waals surface area contributed by atoms with E-state index in [4.69, 9.17) is 9.47 Å². The van der Waals surface area contributed by atoms with Crippen LogP contribution in [0.25, 0.3) is 0 Å². The Kier molecular flexibility index (Phi) is 7.70. The minimum absolute atomic E-state index is 0.254. The summed E-state index contributed by atoms with van der Waals surface area (Å²) in [4.78, 5) is 18.5. The van der Waals surface area contributed by atoms with E-state index in [9.17, 15) is 4.79 Å². The largest absolute Gasteiger partial charge is 0.497 e. The van der Waals surface area contributed by atoms with E-state index in [1.54, 1.807) is 26.5 Å². The quantitative estimate of drug-likeness (QED) is 0.448. The van der Waals surface area contributed by atoms with E-state index in [2.05, 4.69) is 27.4 Å². The lowest BCUT2D eigenvalue weighted by Crippen LogP contribution is -2.29. The summed E-state index contributed by atoms with van der Waals surface area (Å²) < 4.78 is 10.6. The zero-order valence-corrected chi connectivity index (χ0v) is 18.1. The van der Waals surface area contributed by atoms with Crippen LogP contribution >= 0.6 is 0 Å². The zero-order chi connectivity index (χ0) is 22.1. The van der Waals surface area contributed by atoms with Gasteiger partial charge in [-0.2, -0.15) is 0 Å². The van der Waals surface area contributed by atoms with Crippen molar-refractivity contribution in [3.8, 4) is 11.5 Å². The van der Waals surface area contributed by atoms with Crippen molar-refractivity contribution in [1.82, 2.24) is 10.3 Å². The molecule has 0 aliphatic rings. The average molecular weight is 421 g/mol. The third-order valence-corrected chi connectivity index (χ3v) is 4.72. The number of hydrogen-bond donors (Lipinski definition) is 2. The minimum atomic E-state index is -0.254. The van der Waals surface area contributed by atoms with Crippen molar-refractivity contribution in [3.63, 3.8) is 0 Å². The molecule has 2 aromatic carbocycles. The van der Waals surface area contributed by atoms with Gasteiger partial charge in [0.15, 0.2) is 0 Å². The van der Waals surface area contributed by atoms with E-state index in [0.29, 0.717) is 12.4 Å². The zero-order valence-electron chi connectivity index (χ0n) is 18.1. The fraction of sp³-hybridized carbons (Fsp3) is 0.250. The van der Waals surface area contributed by atoms with E-state index in [-0.39, 0.29) is 6.03 Å². The van der Waals surface area contributed by atoms with Crippen molar-refractivity contribution >= 4 is 28.9 Å². The molecule has 1 heterocycles. The molecular weight excluding hydrogens is 392 g/mol. The Bertz CT molecular complexity index is 910. The van der Waals surface area contributed by atoms with Gasteiger partial charge in [-0.1, -0.05) is 13.3 Å². The second-order valence-electron chi connectivity index (χ2n) is 6.87. The second kappa shape index (κ2) is 10.9. The average Bonchev–Trinajstić information content (AvgIpc) is 2.81. The number of carbonyl (C=O) groups is 1. The number of aromatic nitrogens is 1. The summed E-state index contributed by atoms with van der Waals surface area (Å²) in [6.45, 7) is 2.72. The maximum Gasteiger partial charge on any atom is 0.320 e. The maximum absolute atomic E-state index is 12.0. The van der Waals surface area contributed by atoms with Crippen molar-refractivity contribution in [1.29, 1.82) is 0 Å². The molecule has 0 aliphatic carbocycles. The van der Waals surface area contributed by atoms with Gasteiger partial charge in [0.25, 0.3) is 0 Å². The Morgan fingerprint density at radius 1 is 0.871 bits per heavy atom. The van der Waals surface area contributed by atoms with E-state index in [1.165, 1.54) is 0 Å². The summed E-state index contributed by atoms with van der Waals surface area (Å²) in [5.74, 6) is 2.05. The normalized spacial score (nSPS) is 10.3. The van der Waals surface area contributed by atoms with Crippen molar-refractivity contribution in [2.24, 2.45) is 0 Å². The first-order valence-corrected chi connectivity index (χ1v) is 10.2. The molecule has 0 atom stereocenters. The third-order valence-electron chi connectivity index (χ3n) is 4.72. The molecule has 0 radical (unpaired) electrons. The van der Waals surface area contributed by atoms with Crippen LogP contribution in [0.15, 0.2) is 66.9 Å². The fourth-order valence-corrected chi connectivity index (χ4v) is 3.04. The summed E-state index contributed by atoms with van der Waals surface area (Å²) in [7, 11) is 3.29. The monoisotopic (exact) mass is 420 g/mol. The number of hydrogen-bond acceptors (Lipinski definition) is 5. The standard InChI is InChI=1S/C24H28N4O3/c1-4-5-16-25-24(29)27-23-15-10-20(17-26-23)28(18-6-11-21(30-2)12-7-18)19-8-13-22(31-3)14-9-19/h6-15,17H,4-5,16H2,1-3H3,(H2,25,26,27,29). The van der Waals surface area contributed by atoms with Crippen LogP contribution < -0.4 is 25.0 Å². The van der Waals surface area contributed by atoms with Gasteiger partial charge in [0.1, 0.15) is 17.3 Å². The summed E-state index contributed by atoms with van der Waals surface area (Å²) >= 11 is 0. The number of benzene rings is 2. The number of ether oxygens (including phenoxy) is 2. The van der Waals surface area contributed by atoms with Gasteiger partial charge in [0.05, 0.1) is 26.1 Å². The fourth-order valence-electron chi connectivity index (χ4n) is 3.04. The van der Waals surface area contributed by atoms with E-state index in [1.807, 2.05) is 54.6 Å². The van der Waals surface area contributed by atoms with Crippen LogP contribution in [-0.2, 0) is 0 Å². The Labute approximate surface area is 183 Å². The van der Waals surface area contributed by atoms with Gasteiger partial charge in [0, 0.05) is 17.9 Å². The number of urea groups is 1. The lowest BCUT2D eigenvalue weighted by atomic mass is 10.2. The highest BCUT2D eigenvalue weighted by molar-refractivity contribution is 5.88. The molecule has 2 N–H and O–H groups in total. The summed E-state index contributed by atoms with van der Waals surface area (Å²) in [5, 5.41) is 5.58. The summed E-state index contributed by atoms with van der Waals surface area (Å²) in [6, 6.07) is 19.0. The first kappa shape index (κ1) is 22.0. The van der Waals surface area contributed by atoms with Gasteiger partial charge in [-0.3, -0.25) is 5.32 Å². The Morgan fingerprint density at radius 3 is 1.87 bits per heavy atom. The van der Waals surface area contributed by atoms with Gasteiger partial charge in [0.2, 0.25) is 0 Å². The predicted octanol–water partition coefficient (Wildman–Crippen LogP) is 5.49. The number of amides is 2. The van der Waals surface area contributed by atoms with Gasteiger partial charge >= 0.3 is 6.03 Å². The number of nitrogens with zero attached hydrogens (tertiary/aromatic N) is 2. The molecule has 2 amide bonds. The molecular formula is C24H28N4O3. The number of unbranched alkanes of at least 4 members (excludes halogenated alkanes) is 1. The molecule has 3 rings (SSSR count). The number of nitrogens with one attached hydrogen (secondary N) is 2. The smallest absolute Gasteiger partial charge is 0.320 e. The molecule has 0 saturated carbocycles. The Hall–Kier alpha value is -3.74. The second-order valence-corrected chi connectivity index (χ2v) is 6.87. The molecule has 0 bridgehead atoms.